The van der Waals surface area contributed by atoms with Crippen LogP contribution in [0.25, 0.3) is 11.4 Å². The molecule has 0 atom stereocenters. The topological polar surface area (TPSA) is 99.1 Å². The maximum absolute atomic E-state index is 11.7. The van der Waals surface area contributed by atoms with Gasteiger partial charge in [-0.25, -0.2) is 8.42 Å². The molecule has 2 N–H and O–H groups in total. The van der Waals surface area contributed by atoms with Crippen LogP contribution in [0.3, 0.4) is 0 Å². The minimum absolute atomic E-state index is 0.106. The molecular weight excluding hydrogens is 322 g/mol. The van der Waals surface area contributed by atoms with Gasteiger partial charge in [0.1, 0.15) is 0 Å². The third-order valence-electron chi connectivity index (χ3n) is 2.22. The zero-order valence-electron chi connectivity index (χ0n) is 9.42. The first-order valence-corrected chi connectivity index (χ1v) is 7.63. The van der Waals surface area contributed by atoms with Gasteiger partial charge in [0.15, 0.2) is 9.84 Å². The van der Waals surface area contributed by atoms with Crippen molar-refractivity contribution in [2.75, 3.05) is 6.26 Å². The molecule has 0 fully saturated rings. The predicted octanol–water partition coefficient (Wildman–Crippen LogP) is 1.36. The van der Waals surface area contributed by atoms with Gasteiger partial charge >= 0.3 is 0 Å². The Bertz CT molecular complexity index is 681. The molecule has 0 saturated carbocycles. The van der Waals surface area contributed by atoms with E-state index in [-0.39, 0.29) is 23.2 Å². The van der Waals surface area contributed by atoms with Crippen molar-refractivity contribution in [2.45, 2.75) is 11.4 Å². The predicted molar refractivity (Wildman–Crippen MR) is 68.4 cm³/mol. The number of hydrogen-bond acceptors (Lipinski definition) is 6. The third kappa shape index (κ3) is 2.60. The molecule has 1 aromatic heterocycles. The Morgan fingerprint density at radius 2 is 2.17 bits per heavy atom. The van der Waals surface area contributed by atoms with E-state index in [2.05, 4.69) is 26.1 Å². The average molecular weight is 332 g/mol. The molecule has 1 heterocycles. The van der Waals surface area contributed by atoms with E-state index in [0.29, 0.717) is 5.56 Å². The molecule has 96 valence electrons. The van der Waals surface area contributed by atoms with Gasteiger partial charge in [-0.05, 0) is 18.2 Å². The first-order chi connectivity index (χ1) is 8.41. The summed E-state index contributed by atoms with van der Waals surface area (Å²) in [5.74, 6) is 0.460. The second-order valence-electron chi connectivity index (χ2n) is 3.63. The Kier molecular flexibility index (Phi) is 3.51. The molecule has 0 saturated heterocycles. The summed E-state index contributed by atoms with van der Waals surface area (Å²) in [4.78, 5) is 4.17. The molecule has 0 bridgehead atoms. The third-order valence-corrected chi connectivity index (χ3v) is 3.87. The van der Waals surface area contributed by atoms with E-state index in [1.807, 2.05) is 0 Å². The number of nitrogens with two attached hydrogens (primary N) is 1. The standard InChI is InChI=1S/C10H10BrN3O3S/c1-18(15,16)8-3-2-6(11)4-7(8)10-13-9(5-12)17-14-10/h2-4H,5,12H2,1H3. The Hall–Kier alpha value is -1.25. The van der Waals surface area contributed by atoms with Crippen LogP contribution in [-0.2, 0) is 16.4 Å². The molecule has 0 radical (unpaired) electrons. The summed E-state index contributed by atoms with van der Waals surface area (Å²) in [6.07, 6.45) is 1.13. The maximum atomic E-state index is 11.7. The molecule has 0 spiro atoms. The van der Waals surface area contributed by atoms with Crippen LogP contribution in [0.2, 0.25) is 0 Å². The van der Waals surface area contributed by atoms with Gasteiger partial charge in [-0.1, -0.05) is 21.1 Å². The van der Waals surface area contributed by atoms with Crippen LogP contribution in [0.4, 0.5) is 0 Å². The number of rotatable bonds is 3. The van der Waals surface area contributed by atoms with Crippen LogP contribution in [0.5, 0.6) is 0 Å². The van der Waals surface area contributed by atoms with Crippen molar-refractivity contribution in [1.82, 2.24) is 10.1 Å². The fourth-order valence-electron chi connectivity index (χ4n) is 1.45. The summed E-state index contributed by atoms with van der Waals surface area (Å²) in [7, 11) is -3.37. The molecule has 0 aliphatic heterocycles. The second-order valence-corrected chi connectivity index (χ2v) is 6.53. The number of aromatic nitrogens is 2. The Balaban J connectivity index is 2.65. The van der Waals surface area contributed by atoms with Gasteiger partial charge in [-0.2, -0.15) is 4.98 Å². The van der Waals surface area contributed by atoms with Gasteiger partial charge in [-0.3, -0.25) is 0 Å². The lowest BCUT2D eigenvalue weighted by Gasteiger charge is -2.04. The van der Waals surface area contributed by atoms with E-state index in [0.717, 1.165) is 10.7 Å². The van der Waals surface area contributed by atoms with Crippen molar-refractivity contribution in [1.29, 1.82) is 0 Å². The minimum atomic E-state index is -3.37. The summed E-state index contributed by atoms with van der Waals surface area (Å²) in [6, 6.07) is 4.76. The zero-order valence-corrected chi connectivity index (χ0v) is 11.8. The van der Waals surface area contributed by atoms with E-state index in [9.17, 15) is 8.42 Å². The summed E-state index contributed by atoms with van der Waals surface area (Å²) in [5.41, 5.74) is 5.76. The number of sulfone groups is 1. The molecule has 1 aromatic carbocycles. The van der Waals surface area contributed by atoms with Crippen LogP contribution < -0.4 is 5.73 Å². The van der Waals surface area contributed by atoms with E-state index in [1.165, 1.54) is 6.07 Å². The van der Waals surface area contributed by atoms with Crippen LogP contribution in [0, 0.1) is 0 Å². The monoisotopic (exact) mass is 331 g/mol. The quantitative estimate of drug-likeness (QED) is 0.911. The first kappa shape index (κ1) is 13.2. The van der Waals surface area contributed by atoms with E-state index < -0.39 is 9.84 Å². The van der Waals surface area contributed by atoms with Gasteiger partial charge < -0.3 is 10.3 Å². The molecule has 2 rings (SSSR count). The van der Waals surface area contributed by atoms with Gasteiger partial charge in [-0.15, -0.1) is 0 Å². The fourth-order valence-corrected chi connectivity index (χ4v) is 2.67. The van der Waals surface area contributed by atoms with Crippen LogP contribution in [0.1, 0.15) is 5.89 Å². The number of hydrogen-bond donors (Lipinski definition) is 1. The smallest absolute Gasteiger partial charge is 0.240 e. The van der Waals surface area contributed by atoms with Crippen molar-refractivity contribution in [2.24, 2.45) is 5.73 Å². The van der Waals surface area contributed by atoms with E-state index in [1.54, 1.807) is 12.1 Å². The van der Waals surface area contributed by atoms with Gasteiger partial charge in [0, 0.05) is 16.3 Å². The molecule has 0 amide bonds. The van der Waals surface area contributed by atoms with Crippen molar-refractivity contribution in [3.05, 3.63) is 28.6 Å². The fraction of sp³-hybridized carbons (Fsp3) is 0.200. The van der Waals surface area contributed by atoms with Crippen LogP contribution >= 0.6 is 15.9 Å². The van der Waals surface area contributed by atoms with E-state index >= 15 is 0 Å². The SMILES string of the molecule is CS(=O)(=O)c1ccc(Br)cc1-c1noc(CN)n1. The van der Waals surface area contributed by atoms with Crippen molar-refractivity contribution >= 4 is 25.8 Å². The van der Waals surface area contributed by atoms with Crippen molar-refractivity contribution in [3.63, 3.8) is 0 Å². The lowest BCUT2D eigenvalue weighted by Crippen LogP contribution is -2.01. The highest BCUT2D eigenvalue weighted by atomic mass is 79.9. The Morgan fingerprint density at radius 1 is 1.44 bits per heavy atom. The Labute approximate surface area is 112 Å². The highest BCUT2D eigenvalue weighted by Gasteiger charge is 2.18. The second kappa shape index (κ2) is 4.79. The molecular formula is C10H10BrN3O3S. The maximum Gasteiger partial charge on any atom is 0.240 e. The van der Waals surface area contributed by atoms with Crippen molar-refractivity contribution < 1.29 is 12.9 Å². The first-order valence-electron chi connectivity index (χ1n) is 4.94. The number of halogens is 1. The summed E-state index contributed by atoms with van der Waals surface area (Å²) in [5, 5.41) is 3.72. The average Bonchev–Trinajstić information content (AvgIpc) is 2.75. The van der Waals surface area contributed by atoms with Crippen LogP contribution in [0.15, 0.2) is 32.1 Å². The molecule has 0 aliphatic carbocycles. The van der Waals surface area contributed by atoms with E-state index in [4.69, 9.17) is 10.3 Å². The highest BCUT2D eigenvalue weighted by Crippen LogP contribution is 2.28. The van der Waals surface area contributed by atoms with Crippen LogP contribution in [-0.4, -0.2) is 24.8 Å². The van der Waals surface area contributed by atoms with Crippen molar-refractivity contribution in [3.8, 4) is 11.4 Å². The summed E-state index contributed by atoms with van der Waals surface area (Å²) >= 11 is 3.28. The molecule has 0 aliphatic rings. The lowest BCUT2D eigenvalue weighted by atomic mass is 10.2. The van der Waals surface area contributed by atoms with Gasteiger partial charge in [0.25, 0.3) is 0 Å². The summed E-state index contributed by atoms with van der Waals surface area (Å²) < 4.78 is 29.0. The summed E-state index contributed by atoms with van der Waals surface area (Å²) in [6.45, 7) is 0.106. The number of nitrogens with zero attached hydrogens (tertiary/aromatic N) is 2. The molecule has 0 unspecified atom stereocenters. The molecule has 8 heteroatoms. The van der Waals surface area contributed by atoms with Gasteiger partial charge in [0.05, 0.1) is 11.4 Å². The number of benzene rings is 1. The normalized spacial score (nSPS) is 11.7. The van der Waals surface area contributed by atoms with Gasteiger partial charge in [0.2, 0.25) is 11.7 Å². The molecule has 18 heavy (non-hydrogen) atoms. The molecule has 2 aromatic rings. The molecule has 6 nitrogen and oxygen atoms in total. The largest absolute Gasteiger partial charge is 0.338 e. The zero-order chi connectivity index (χ0) is 13.3. The highest BCUT2D eigenvalue weighted by molar-refractivity contribution is 9.10. The Morgan fingerprint density at radius 3 is 2.72 bits per heavy atom. The minimum Gasteiger partial charge on any atom is -0.338 e. The lowest BCUT2D eigenvalue weighted by molar-refractivity contribution is 0.380.